The van der Waals surface area contributed by atoms with Gasteiger partial charge in [0.2, 0.25) is 0 Å². The summed E-state index contributed by atoms with van der Waals surface area (Å²) in [5.41, 5.74) is 0. The molecule has 1 rings (SSSR count). The molecule has 3 heteroatoms. The van der Waals surface area contributed by atoms with Gasteiger partial charge in [0, 0.05) is 0 Å². The first kappa shape index (κ1) is 12.7. The molecule has 1 aromatic rings. The standard InChI is InChI=1S/C6H4Cl.HI.Mg/c7-6-4-2-1-3-5-6;;/h1-4H;1H;/q-1;;+2/p-1. The number of rotatable bonds is 0. The Labute approximate surface area is 93.1 Å². The van der Waals surface area contributed by atoms with Crippen molar-refractivity contribution < 1.29 is 24.0 Å². The van der Waals surface area contributed by atoms with Crippen molar-refractivity contribution in [2.24, 2.45) is 0 Å². The van der Waals surface area contributed by atoms with Gasteiger partial charge in [-0.25, -0.2) is 0 Å². The van der Waals surface area contributed by atoms with Crippen LogP contribution < -0.4 is 24.0 Å². The van der Waals surface area contributed by atoms with Gasteiger partial charge in [-0.2, -0.15) is 30.3 Å². The smallest absolute Gasteiger partial charge is 1.00 e. The summed E-state index contributed by atoms with van der Waals surface area (Å²) in [5.74, 6) is 0. The Bertz CT molecular complexity index is 143. The van der Waals surface area contributed by atoms with E-state index in [9.17, 15) is 0 Å². The van der Waals surface area contributed by atoms with E-state index < -0.39 is 0 Å². The fourth-order valence-corrected chi connectivity index (χ4v) is 0.507. The maximum absolute atomic E-state index is 5.48. The van der Waals surface area contributed by atoms with Crippen molar-refractivity contribution in [2.45, 2.75) is 0 Å². The molecule has 1 aromatic carbocycles. The molecule has 0 fully saturated rings. The van der Waals surface area contributed by atoms with E-state index in [1.165, 1.54) is 0 Å². The number of hydrogen-bond donors (Lipinski definition) is 0. The Morgan fingerprint density at radius 2 is 2.00 bits per heavy atom. The molecule has 0 aliphatic carbocycles. The van der Waals surface area contributed by atoms with E-state index in [-0.39, 0.29) is 47.0 Å². The van der Waals surface area contributed by atoms with Crippen molar-refractivity contribution in [3.63, 3.8) is 0 Å². The molecule has 0 aliphatic heterocycles. The van der Waals surface area contributed by atoms with Crippen molar-refractivity contribution in [3.05, 3.63) is 35.4 Å². The van der Waals surface area contributed by atoms with Gasteiger partial charge in [0.25, 0.3) is 0 Å². The molecule has 0 aliphatic rings. The Balaban J connectivity index is 0. The number of benzene rings is 1. The number of hydrogen-bond acceptors (Lipinski definition) is 0. The van der Waals surface area contributed by atoms with E-state index in [4.69, 9.17) is 11.6 Å². The second-order valence-electron chi connectivity index (χ2n) is 1.21. The van der Waals surface area contributed by atoms with Crippen LogP contribution in [0.25, 0.3) is 0 Å². The van der Waals surface area contributed by atoms with Gasteiger partial charge in [0.15, 0.2) is 0 Å². The summed E-state index contributed by atoms with van der Waals surface area (Å²) in [6.07, 6.45) is 0. The van der Waals surface area contributed by atoms with Crippen LogP contribution in [0.3, 0.4) is 0 Å². The topological polar surface area (TPSA) is 0 Å². The van der Waals surface area contributed by atoms with Gasteiger partial charge in [-0.05, 0) is 0 Å². The van der Waals surface area contributed by atoms with E-state index in [2.05, 4.69) is 6.07 Å². The largest absolute Gasteiger partial charge is 2.00 e. The molecule has 0 amide bonds. The average Bonchev–Trinajstić information content (AvgIpc) is 1.69. The molecule has 0 aromatic heterocycles. The summed E-state index contributed by atoms with van der Waals surface area (Å²) < 4.78 is 0. The van der Waals surface area contributed by atoms with Gasteiger partial charge in [0.1, 0.15) is 0 Å². The minimum Gasteiger partial charge on any atom is -1.00 e. The van der Waals surface area contributed by atoms with Crippen LogP contribution in [0.2, 0.25) is 5.02 Å². The summed E-state index contributed by atoms with van der Waals surface area (Å²) in [6, 6.07) is 10.1. The molecule has 0 saturated heterocycles. The molecule has 0 bridgehead atoms. The van der Waals surface area contributed by atoms with Crippen molar-refractivity contribution in [3.8, 4) is 0 Å². The van der Waals surface area contributed by atoms with Gasteiger partial charge >= 0.3 is 23.1 Å². The van der Waals surface area contributed by atoms with Crippen molar-refractivity contribution in [1.82, 2.24) is 0 Å². The van der Waals surface area contributed by atoms with E-state index in [0.29, 0.717) is 5.02 Å². The normalized spacial score (nSPS) is 6.78. The molecule has 44 valence electrons. The summed E-state index contributed by atoms with van der Waals surface area (Å²) in [5, 5.41) is 0.669. The zero-order chi connectivity index (χ0) is 5.11. The minimum absolute atomic E-state index is 0. The molecule has 0 spiro atoms. The predicted octanol–water partition coefficient (Wildman–Crippen LogP) is -1.24. The van der Waals surface area contributed by atoms with Gasteiger partial charge in [-0.15, -0.1) is 11.6 Å². The fraction of sp³-hybridized carbons (Fsp3) is 0. The summed E-state index contributed by atoms with van der Waals surface area (Å²) >= 11 is 5.48. The minimum atomic E-state index is 0. The van der Waals surface area contributed by atoms with Gasteiger partial charge < -0.3 is 24.0 Å². The van der Waals surface area contributed by atoms with Crippen molar-refractivity contribution in [1.29, 1.82) is 0 Å². The molecule has 0 N–H and O–H groups in total. The third-order valence-corrected chi connectivity index (χ3v) is 0.906. The van der Waals surface area contributed by atoms with Crippen LogP contribution in [-0.4, -0.2) is 23.1 Å². The Kier molecular flexibility index (Phi) is 10.0. The van der Waals surface area contributed by atoms with E-state index in [1.807, 2.05) is 12.1 Å². The Hall–Kier alpha value is 1.01. The predicted molar refractivity (Wildman–Crippen MR) is 36.0 cm³/mol. The molecule has 0 radical (unpaired) electrons. The first-order chi connectivity index (χ1) is 3.39. The van der Waals surface area contributed by atoms with Crippen LogP contribution in [0.5, 0.6) is 0 Å². The third-order valence-electron chi connectivity index (χ3n) is 0.671. The van der Waals surface area contributed by atoms with E-state index in [1.54, 1.807) is 12.1 Å². The molecule has 0 atom stereocenters. The van der Waals surface area contributed by atoms with Crippen LogP contribution in [-0.2, 0) is 0 Å². The Morgan fingerprint density at radius 3 is 2.22 bits per heavy atom. The van der Waals surface area contributed by atoms with Gasteiger partial charge in [-0.3, -0.25) is 0 Å². The zero-order valence-corrected chi connectivity index (χ0v) is 9.10. The van der Waals surface area contributed by atoms with Gasteiger partial charge in [-0.1, -0.05) is 5.02 Å². The van der Waals surface area contributed by atoms with Gasteiger partial charge in [0.05, 0.1) is 0 Å². The molecule has 9 heavy (non-hydrogen) atoms. The summed E-state index contributed by atoms with van der Waals surface area (Å²) in [4.78, 5) is 0. The summed E-state index contributed by atoms with van der Waals surface area (Å²) in [6.45, 7) is 0. The maximum Gasteiger partial charge on any atom is 2.00 e. The first-order valence-electron chi connectivity index (χ1n) is 2.02. The monoisotopic (exact) mass is 262 g/mol. The van der Waals surface area contributed by atoms with Crippen LogP contribution in [0.4, 0.5) is 0 Å². The van der Waals surface area contributed by atoms with Crippen LogP contribution in [0.15, 0.2) is 24.3 Å². The van der Waals surface area contributed by atoms with E-state index >= 15 is 0 Å². The Morgan fingerprint density at radius 1 is 1.33 bits per heavy atom. The maximum atomic E-state index is 5.48. The van der Waals surface area contributed by atoms with Crippen LogP contribution >= 0.6 is 11.6 Å². The molecule has 0 nitrogen and oxygen atoms in total. The second kappa shape index (κ2) is 7.12. The average molecular weight is 263 g/mol. The third kappa shape index (κ3) is 5.45. The molecule has 0 unspecified atom stereocenters. The quantitative estimate of drug-likeness (QED) is 0.312. The molecule has 0 saturated carbocycles. The van der Waals surface area contributed by atoms with Crippen LogP contribution in [0, 0.1) is 6.07 Å². The second-order valence-corrected chi connectivity index (χ2v) is 1.62. The molecular formula is C6H4ClIMg. The fourth-order valence-electron chi connectivity index (χ4n) is 0.371. The van der Waals surface area contributed by atoms with Crippen molar-refractivity contribution in [2.75, 3.05) is 0 Å². The van der Waals surface area contributed by atoms with Crippen molar-refractivity contribution >= 4 is 34.7 Å². The SMILES string of the molecule is Clc1[c-]cccc1.[I-].[Mg+2]. The summed E-state index contributed by atoms with van der Waals surface area (Å²) in [7, 11) is 0. The van der Waals surface area contributed by atoms with Crippen LogP contribution in [0.1, 0.15) is 0 Å². The first-order valence-corrected chi connectivity index (χ1v) is 2.39. The number of halogens is 2. The molecular weight excluding hydrogens is 259 g/mol. The van der Waals surface area contributed by atoms with E-state index in [0.717, 1.165) is 0 Å². The molecule has 0 heterocycles. The zero-order valence-electron chi connectivity index (χ0n) is 4.77.